The smallest absolute Gasteiger partial charge is 0.0845 e. The molecule has 0 aromatic heterocycles. The molecule has 1 saturated carbocycles. The van der Waals surface area contributed by atoms with E-state index in [1.165, 1.54) is 5.57 Å². The zero-order valence-corrected chi connectivity index (χ0v) is 18.8. The quantitative estimate of drug-likeness (QED) is 0.416. The summed E-state index contributed by atoms with van der Waals surface area (Å²) in [6.45, 7) is 10.6. The highest BCUT2D eigenvalue weighted by Crippen LogP contribution is 2.41. The van der Waals surface area contributed by atoms with Crippen molar-refractivity contribution in [2.24, 2.45) is 5.92 Å². The average molecular weight is 464 g/mol. The Balaban J connectivity index is 1.98. The maximum absolute atomic E-state index is 10.3. The minimum absolute atomic E-state index is 0.145. The van der Waals surface area contributed by atoms with Crippen LogP contribution in [0, 0.1) is 5.92 Å². The van der Waals surface area contributed by atoms with Gasteiger partial charge in [-0.15, -0.1) is 0 Å². The van der Waals surface area contributed by atoms with Crippen LogP contribution < -0.4 is 0 Å². The zero-order chi connectivity index (χ0) is 18.2. The van der Waals surface area contributed by atoms with Gasteiger partial charge in [0.15, 0.2) is 0 Å². The lowest BCUT2D eigenvalue weighted by molar-refractivity contribution is -0.134. The fraction of sp³-hybridized carbons (Fsp3) is 0.800. The standard InChI is InChI=1S/C20H32Br2O2/c1-14(15-8-12-20(5,23)17(22)13-15)7-6-10-19(4)11-9-16(21)18(2,3)24-19/h6-7,10,15-17,23H,8-9,11-13H2,1-5H3/b10-6?,14-7+/t15-,16-,17-,19-,20+/m0/s1. The van der Waals surface area contributed by atoms with Crippen molar-refractivity contribution >= 4 is 31.9 Å². The molecule has 0 aromatic rings. The topological polar surface area (TPSA) is 29.5 Å². The van der Waals surface area contributed by atoms with Crippen LogP contribution in [0.5, 0.6) is 0 Å². The molecule has 2 rings (SSSR count). The normalized spacial score (nSPS) is 44.0. The summed E-state index contributed by atoms with van der Waals surface area (Å²) in [7, 11) is 0. The summed E-state index contributed by atoms with van der Waals surface area (Å²) in [5, 5.41) is 10.3. The predicted molar refractivity (Wildman–Crippen MR) is 109 cm³/mol. The second-order valence-corrected chi connectivity index (χ2v) is 10.8. The number of rotatable bonds is 3. The van der Waals surface area contributed by atoms with Crippen LogP contribution in [0.2, 0.25) is 0 Å². The van der Waals surface area contributed by atoms with Crippen molar-refractivity contribution in [1.29, 1.82) is 0 Å². The molecule has 0 amide bonds. The molecule has 138 valence electrons. The van der Waals surface area contributed by atoms with Crippen molar-refractivity contribution in [3.8, 4) is 0 Å². The van der Waals surface area contributed by atoms with E-state index in [0.29, 0.717) is 10.7 Å². The largest absolute Gasteiger partial charge is 0.389 e. The molecule has 4 heteroatoms. The third-order valence-corrected chi connectivity index (χ3v) is 8.68. The number of aliphatic hydroxyl groups is 1. The van der Waals surface area contributed by atoms with E-state index in [2.05, 4.69) is 77.8 Å². The van der Waals surface area contributed by atoms with Crippen LogP contribution in [-0.4, -0.2) is 31.6 Å². The van der Waals surface area contributed by atoms with Crippen molar-refractivity contribution in [3.63, 3.8) is 0 Å². The van der Waals surface area contributed by atoms with Crippen LogP contribution in [0.1, 0.15) is 66.7 Å². The molecule has 1 heterocycles. The lowest BCUT2D eigenvalue weighted by Gasteiger charge is -2.45. The summed E-state index contributed by atoms with van der Waals surface area (Å²) in [5.41, 5.74) is 0.476. The van der Waals surface area contributed by atoms with Gasteiger partial charge >= 0.3 is 0 Å². The summed E-state index contributed by atoms with van der Waals surface area (Å²) >= 11 is 7.39. The molecule has 0 aromatic carbocycles. The Bertz CT molecular complexity index is 510. The molecule has 2 fully saturated rings. The Morgan fingerprint density at radius 3 is 2.33 bits per heavy atom. The molecule has 24 heavy (non-hydrogen) atoms. The highest BCUT2D eigenvalue weighted by molar-refractivity contribution is 9.09. The first-order valence-corrected chi connectivity index (χ1v) is 10.8. The first-order chi connectivity index (χ1) is 11.0. The van der Waals surface area contributed by atoms with Gasteiger partial charge in [0, 0.05) is 9.65 Å². The van der Waals surface area contributed by atoms with Crippen molar-refractivity contribution < 1.29 is 9.84 Å². The number of halogens is 2. The van der Waals surface area contributed by atoms with Gasteiger partial charge in [0.05, 0.1) is 16.8 Å². The highest BCUT2D eigenvalue weighted by Gasteiger charge is 2.41. The lowest BCUT2D eigenvalue weighted by Crippen LogP contribution is -2.48. The Labute approximate surface area is 164 Å². The maximum atomic E-state index is 10.3. The number of ether oxygens (including phenoxy) is 1. The number of allylic oxidation sites excluding steroid dienone is 3. The maximum Gasteiger partial charge on any atom is 0.0845 e. The Hall–Kier alpha value is 0.360. The molecule has 2 aliphatic rings. The van der Waals surface area contributed by atoms with E-state index in [0.717, 1.165) is 32.1 Å². The molecular formula is C20H32Br2O2. The summed E-state index contributed by atoms with van der Waals surface area (Å²) in [6.07, 6.45) is 11.7. The molecule has 0 bridgehead atoms. The van der Waals surface area contributed by atoms with Crippen LogP contribution in [-0.2, 0) is 4.74 Å². The van der Waals surface area contributed by atoms with Gasteiger partial charge < -0.3 is 9.84 Å². The third-order valence-electron chi connectivity index (χ3n) is 5.76. The van der Waals surface area contributed by atoms with Gasteiger partial charge in [0.2, 0.25) is 0 Å². The van der Waals surface area contributed by atoms with E-state index in [1.54, 1.807) is 0 Å². The van der Waals surface area contributed by atoms with Gasteiger partial charge in [-0.25, -0.2) is 0 Å². The van der Waals surface area contributed by atoms with Crippen molar-refractivity contribution in [2.45, 2.75) is 93.2 Å². The van der Waals surface area contributed by atoms with Crippen LogP contribution >= 0.6 is 31.9 Å². The molecular weight excluding hydrogens is 432 g/mol. The van der Waals surface area contributed by atoms with Crippen LogP contribution in [0.3, 0.4) is 0 Å². The molecule has 5 atom stereocenters. The third kappa shape index (κ3) is 4.96. The Morgan fingerprint density at radius 1 is 1.08 bits per heavy atom. The second kappa shape index (κ2) is 7.54. The molecule has 1 aliphatic carbocycles. The summed E-state index contributed by atoms with van der Waals surface area (Å²) in [6, 6.07) is 0. The molecule has 1 N–H and O–H groups in total. The summed E-state index contributed by atoms with van der Waals surface area (Å²) < 4.78 is 6.34. The van der Waals surface area contributed by atoms with E-state index in [1.807, 2.05) is 6.92 Å². The molecule has 0 radical (unpaired) electrons. The van der Waals surface area contributed by atoms with E-state index in [-0.39, 0.29) is 16.0 Å². The SMILES string of the molecule is C/C(=C\C=C[C@@]1(C)CC[C@H](Br)C(C)(C)O1)[C@H]1CC[C@@](C)(O)[C@@H](Br)C1. The van der Waals surface area contributed by atoms with Gasteiger partial charge in [-0.2, -0.15) is 0 Å². The molecule has 2 nitrogen and oxygen atoms in total. The number of hydrogen-bond acceptors (Lipinski definition) is 2. The second-order valence-electron chi connectivity index (χ2n) is 8.59. The highest BCUT2D eigenvalue weighted by atomic mass is 79.9. The average Bonchev–Trinajstić information content (AvgIpc) is 2.46. The lowest BCUT2D eigenvalue weighted by atomic mass is 9.77. The first kappa shape index (κ1) is 20.7. The summed E-state index contributed by atoms with van der Waals surface area (Å²) in [5.74, 6) is 0.544. The fourth-order valence-corrected chi connectivity index (χ4v) is 4.79. The van der Waals surface area contributed by atoms with Gasteiger partial charge in [-0.3, -0.25) is 0 Å². The molecule has 0 spiro atoms. The number of alkyl halides is 2. The minimum Gasteiger partial charge on any atom is -0.389 e. The minimum atomic E-state index is -0.576. The van der Waals surface area contributed by atoms with Crippen LogP contribution in [0.4, 0.5) is 0 Å². The van der Waals surface area contributed by atoms with Gasteiger partial charge in [0.1, 0.15) is 0 Å². The monoisotopic (exact) mass is 462 g/mol. The Kier molecular flexibility index (Phi) is 6.49. The molecule has 1 saturated heterocycles. The van der Waals surface area contributed by atoms with E-state index < -0.39 is 5.60 Å². The van der Waals surface area contributed by atoms with Gasteiger partial charge in [-0.05, 0) is 72.6 Å². The van der Waals surface area contributed by atoms with Gasteiger partial charge in [0.25, 0.3) is 0 Å². The predicted octanol–water partition coefficient (Wildman–Crippen LogP) is 5.91. The first-order valence-electron chi connectivity index (χ1n) is 9.02. The van der Waals surface area contributed by atoms with Gasteiger partial charge in [-0.1, -0.05) is 55.7 Å². The molecule has 0 unspecified atom stereocenters. The van der Waals surface area contributed by atoms with Crippen molar-refractivity contribution in [1.82, 2.24) is 0 Å². The fourth-order valence-electron chi connectivity index (χ4n) is 3.79. The van der Waals surface area contributed by atoms with Crippen LogP contribution in [0.25, 0.3) is 0 Å². The summed E-state index contributed by atoms with van der Waals surface area (Å²) in [4.78, 5) is 0.585. The zero-order valence-electron chi connectivity index (χ0n) is 15.6. The number of hydrogen-bond donors (Lipinski definition) is 1. The van der Waals surface area contributed by atoms with E-state index >= 15 is 0 Å². The molecule has 1 aliphatic heterocycles. The Morgan fingerprint density at radius 2 is 1.75 bits per heavy atom. The van der Waals surface area contributed by atoms with Crippen molar-refractivity contribution in [2.75, 3.05) is 0 Å². The van der Waals surface area contributed by atoms with E-state index in [9.17, 15) is 5.11 Å². The van der Waals surface area contributed by atoms with Crippen LogP contribution in [0.15, 0.2) is 23.8 Å². The van der Waals surface area contributed by atoms with Crippen molar-refractivity contribution in [3.05, 3.63) is 23.8 Å². The van der Waals surface area contributed by atoms with E-state index in [4.69, 9.17) is 4.74 Å².